The van der Waals surface area contributed by atoms with E-state index in [1.807, 2.05) is 0 Å². The molecule has 1 heterocycles. The average Bonchev–Trinajstić information content (AvgIpc) is 1.98. The number of nitrogen functional groups attached to an aromatic ring is 1. The van der Waals surface area contributed by atoms with Crippen molar-refractivity contribution in [2.45, 2.75) is 0 Å². The predicted molar refractivity (Wildman–Crippen MR) is 39.9 cm³/mol. The smallest absolute Gasteiger partial charge is 0.140 e. The van der Waals surface area contributed by atoms with E-state index in [-0.39, 0.29) is 12.4 Å². The summed E-state index contributed by atoms with van der Waals surface area (Å²) in [7, 11) is 1.74. The molecule has 1 aromatic rings. The van der Waals surface area contributed by atoms with Crippen LogP contribution in [0, 0.1) is 0 Å². The van der Waals surface area contributed by atoms with Crippen LogP contribution in [0.15, 0.2) is 6.20 Å². The third kappa shape index (κ3) is 1.50. The van der Waals surface area contributed by atoms with Crippen LogP contribution >= 0.6 is 24.0 Å². The highest BCUT2D eigenvalue weighted by Crippen LogP contribution is 2.14. The Morgan fingerprint density at radius 1 is 1.78 bits per heavy atom. The lowest BCUT2D eigenvalue weighted by Crippen LogP contribution is -1.96. The second kappa shape index (κ2) is 2.94. The molecule has 0 aliphatic heterocycles. The number of aromatic nitrogens is 2. The minimum atomic E-state index is 0. The topological polar surface area (TPSA) is 43.8 Å². The van der Waals surface area contributed by atoms with Crippen LogP contribution in [0.5, 0.6) is 0 Å². The first kappa shape index (κ1) is 8.59. The summed E-state index contributed by atoms with van der Waals surface area (Å²) in [4.78, 5) is 0. The summed E-state index contributed by atoms with van der Waals surface area (Å²) in [5.41, 5.74) is 5.37. The fourth-order valence-corrected chi connectivity index (χ4v) is 0.586. The van der Waals surface area contributed by atoms with E-state index < -0.39 is 0 Å². The lowest BCUT2D eigenvalue weighted by atomic mass is 10.6. The van der Waals surface area contributed by atoms with Crippen molar-refractivity contribution in [2.75, 3.05) is 5.73 Å². The largest absolute Gasteiger partial charge is 0.383 e. The van der Waals surface area contributed by atoms with E-state index in [0.717, 1.165) is 0 Å². The Labute approximate surface area is 64.2 Å². The summed E-state index contributed by atoms with van der Waals surface area (Å²) >= 11 is 5.52. The van der Waals surface area contributed by atoms with Crippen LogP contribution in [-0.4, -0.2) is 9.78 Å². The molecule has 0 fully saturated rings. The predicted octanol–water partition coefficient (Wildman–Crippen LogP) is 1.08. The molecule has 0 unspecified atom stereocenters. The third-order valence-electron chi connectivity index (χ3n) is 0.938. The van der Waals surface area contributed by atoms with Gasteiger partial charge in [-0.1, -0.05) is 11.6 Å². The van der Waals surface area contributed by atoms with Gasteiger partial charge in [-0.05, 0) is 0 Å². The fourth-order valence-electron chi connectivity index (χ4n) is 0.420. The lowest BCUT2D eigenvalue weighted by Gasteiger charge is -1.89. The number of anilines is 1. The quantitative estimate of drug-likeness (QED) is 0.629. The molecule has 0 bridgehead atoms. The van der Waals surface area contributed by atoms with Crippen molar-refractivity contribution in [3.8, 4) is 0 Å². The average molecular weight is 168 g/mol. The molecule has 0 saturated heterocycles. The van der Waals surface area contributed by atoms with Gasteiger partial charge in [-0.25, -0.2) is 0 Å². The molecule has 0 saturated carbocycles. The van der Waals surface area contributed by atoms with Crippen molar-refractivity contribution in [3.05, 3.63) is 11.2 Å². The van der Waals surface area contributed by atoms with Gasteiger partial charge in [0, 0.05) is 7.05 Å². The molecule has 2 N–H and O–H groups in total. The van der Waals surface area contributed by atoms with Gasteiger partial charge in [0.2, 0.25) is 0 Å². The van der Waals surface area contributed by atoms with E-state index in [2.05, 4.69) is 5.10 Å². The molecule has 1 rings (SSSR count). The number of rotatable bonds is 0. The van der Waals surface area contributed by atoms with Crippen LogP contribution in [0.4, 0.5) is 5.82 Å². The van der Waals surface area contributed by atoms with Gasteiger partial charge in [-0.3, -0.25) is 4.68 Å². The monoisotopic (exact) mass is 167 g/mol. The van der Waals surface area contributed by atoms with E-state index in [4.69, 9.17) is 17.3 Å². The molecule has 9 heavy (non-hydrogen) atoms. The van der Waals surface area contributed by atoms with Crippen LogP contribution in [0.1, 0.15) is 0 Å². The highest BCUT2D eigenvalue weighted by atomic mass is 35.5. The first-order chi connectivity index (χ1) is 3.72. The van der Waals surface area contributed by atoms with Crippen LogP contribution in [0.3, 0.4) is 0 Å². The highest BCUT2D eigenvalue weighted by Gasteiger charge is 1.97. The van der Waals surface area contributed by atoms with Gasteiger partial charge in [0.1, 0.15) is 10.8 Å². The molecule has 0 aliphatic carbocycles. The van der Waals surface area contributed by atoms with Gasteiger partial charge in [-0.2, -0.15) is 5.10 Å². The van der Waals surface area contributed by atoms with Crippen LogP contribution in [-0.2, 0) is 7.05 Å². The van der Waals surface area contributed by atoms with Crippen molar-refractivity contribution in [3.63, 3.8) is 0 Å². The number of hydrogen-bond acceptors (Lipinski definition) is 2. The summed E-state index contributed by atoms with van der Waals surface area (Å²) in [6.45, 7) is 0. The second-order valence-electron chi connectivity index (χ2n) is 1.50. The third-order valence-corrected chi connectivity index (χ3v) is 1.23. The van der Waals surface area contributed by atoms with Crippen molar-refractivity contribution < 1.29 is 0 Å². The van der Waals surface area contributed by atoms with Crippen molar-refractivity contribution in [2.24, 2.45) is 7.05 Å². The molecular formula is C4H7Cl2N3. The highest BCUT2D eigenvalue weighted by molar-refractivity contribution is 6.32. The van der Waals surface area contributed by atoms with Crippen LogP contribution in [0.2, 0.25) is 5.02 Å². The fraction of sp³-hybridized carbons (Fsp3) is 0.250. The molecule has 0 spiro atoms. The molecular weight excluding hydrogens is 161 g/mol. The first-order valence-electron chi connectivity index (χ1n) is 2.15. The van der Waals surface area contributed by atoms with Gasteiger partial charge in [0.25, 0.3) is 0 Å². The van der Waals surface area contributed by atoms with Crippen molar-refractivity contribution in [1.29, 1.82) is 0 Å². The van der Waals surface area contributed by atoms with Gasteiger partial charge >= 0.3 is 0 Å². The summed E-state index contributed by atoms with van der Waals surface area (Å²) in [6.07, 6.45) is 1.51. The lowest BCUT2D eigenvalue weighted by molar-refractivity contribution is 0.779. The van der Waals surface area contributed by atoms with Gasteiger partial charge in [0.15, 0.2) is 0 Å². The Kier molecular flexibility index (Phi) is 2.81. The molecule has 1 aromatic heterocycles. The Balaban J connectivity index is 0.000000640. The molecule has 0 aliphatic rings. The normalized spacial score (nSPS) is 8.67. The van der Waals surface area contributed by atoms with E-state index in [0.29, 0.717) is 10.8 Å². The first-order valence-corrected chi connectivity index (χ1v) is 2.52. The zero-order valence-electron chi connectivity index (χ0n) is 4.84. The summed E-state index contributed by atoms with van der Waals surface area (Å²) < 4.78 is 1.52. The molecule has 5 heteroatoms. The van der Waals surface area contributed by atoms with E-state index in [1.54, 1.807) is 7.05 Å². The summed E-state index contributed by atoms with van der Waals surface area (Å²) in [6, 6.07) is 0. The maximum absolute atomic E-state index is 5.52. The number of halogens is 2. The zero-order valence-corrected chi connectivity index (χ0v) is 6.41. The minimum absolute atomic E-state index is 0. The molecule has 0 atom stereocenters. The Morgan fingerprint density at radius 3 is 2.44 bits per heavy atom. The van der Waals surface area contributed by atoms with Crippen LogP contribution in [0.25, 0.3) is 0 Å². The molecule has 52 valence electrons. The van der Waals surface area contributed by atoms with E-state index >= 15 is 0 Å². The van der Waals surface area contributed by atoms with Crippen molar-refractivity contribution in [1.82, 2.24) is 9.78 Å². The van der Waals surface area contributed by atoms with Crippen LogP contribution < -0.4 is 5.73 Å². The second-order valence-corrected chi connectivity index (χ2v) is 1.91. The Bertz CT molecular complexity index is 176. The molecule has 0 aromatic carbocycles. The maximum Gasteiger partial charge on any atom is 0.140 e. The molecule has 3 nitrogen and oxygen atoms in total. The van der Waals surface area contributed by atoms with Gasteiger partial charge in [0.05, 0.1) is 6.20 Å². The van der Waals surface area contributed by atoms with E-state index in [1.165, 1.54) is 10.9 Å². The molecule has 0 amide bonds. The van der Waals surface area contributed by atoms with Gasteiger partial charge < -0.3 is 5.73 Å². The number of nitrogens with zero attached hydrogens (tertiary/aromatic N) is 2. The van der Waals surface area contributed by atoms with Crippen molar-refractivity contribution >= 4 is 29.8 Å². The molecule has 0 radical (unpaired) electrons. The SMILES string of the molecule is Cl.Cn1ncc(Cl)c1N. The zero-order chi connectivity index (χ0) is 6.15. The summed E-state index contributed by atoms with van der Waals surface area (Å²) in [5.74, 6) is 0.506. The number of aryl methyl sites for hydroxylation is 1. The number of hydrogen-bond donors (Lipinski definition) is 1. The summed E-state index contributed by atoms with van der Waals surface area (Å²) in [5, 5.41) is 4.28. The Hall–Kier alpha value is -0.410. The van der Waals surface area contributed by atoms with E-state index in [9.17, 15) is 0 Å². The maximum atomic E-state index is 5.52. The number of nitrogens with two attached hydrogens (primary N) is 1. The van der Waals surface area contributed by atoms with Gasteiger partial charge in [-0.15, -0.1) is 12.4 Å². The standard InChI is InChI=1S/C4H6ClN3.ClH/c1-8-4(6)3(5)2-7-8;/h2H,6H2,1H3;1H. The minimum Gasteiger partial charge on any atom is -0.383 e. The Morgan fingerprint density at radius 2 is 2.33 bits per heavy atom.